The van der Waals surface area contributed by atoms with Gasteiger partial charge in [-0.3, -0.25) is 9.59 Å². The molecule has 4 nitrogen and oxygen atoms in total. The summed E-state index contributed by atoms with van der Waals surface area (Å²) in [6, 6.07) is 6.38. The highest BCUT2D eigenvalue weighted by molar-refractivity contribution is 6.09. The van der Waals surface area contributed by atoms with Crippen LogP contribution >= 0.6 is 0 Å². The zero-order valence-corrected chi connectivity index (χ0v) is 8.47. The SMILES string of the molecule is [C-]#[N+]c1cccc(C(=O)C2CCOC2=O)c1. The Bertz CT molecular complexity index is 487. The molecule has 1 aliphatic heterocycles. The topological polar surface area (TPSA) is 47.7 Å². The van der Waals surface area contributed by atoms with Crippen molar-refractivity contribution in [3.63, 3.8) is 0 Å². The van der Waals surface area contributed by atoms with Crippen LogP contribution in [-0.2, 0) is 9.53 Å². The summed E-state index contributed by atoms with van der Waals surface area (Å²) in [5, 5.41) is 0. The molecule has 0 spiro atoms. The van der Waals surface area contributed by atoms with Crippen molar-refractivity contribution in [2.45, 2.75) is 6.42 Å². The number of benzene rings is 1. The lowest BCUT2D eigenvalue weighted by molar-refractivity contribution is -0.140. The molecule has 1 aliphatic rings. The van der Waals surface area contributed by atoms with Gasteiger partial charge >= 0.3 is 5.97 Å². The van der Waals surface area contributed by atoms with Crippen molar-refractivity contribution >= 4 is 17.4 Å². The molecule has 2 rings (SSSR count). The summed E-state index contributed by atoms with van der Waals surface area (Å²) in [5.41, 5.74) is 0.801. The number of rotatable bonds is 2. The Morgan fingerprint density at radius 3 is 2.94 bits per heavy atom. The van der Waals surface area contributed by atoms with Gasteiger partial charge in [-0.05, 0) is 6.07 Å². The number of ketones is 1. The molecule has 1 unspecified atom stereocenters. The minimum Gasteiger partial charge on any atom is -0.465 e. The summed E-state index contributed by atoms with van der Waals surface area (Å²) in [6.07, 6.45) is 0.430. The van der Waals surface area contributed by atoms with E-state index < -0.39 is 11.9 Å². The molecule has 1 aromatic rings. The molecule has 0 amide bonds. The lowest BCUT2D eigenvalue weighted by Gasteiger charge is -2.04. The second kappa shape index (κ2) is 4.15. The minimum absolute atomic E-state index is 0.256. The maximum atomic E-state index is 11.9. The van der Waals surface area contributed by atoms with Gasteiger partial charge in [0.2, 0.25) is 0 Å². The third-order valence-electron chi connectivity index (χ3n) is 2.51. The smallest absolute Gasteiger partial charge is 0.316 e. The number of hydrogen-bond donors (Lipinski definition) is 0. The van der Waals surface area contributed by atoms with E-state index >= 15 is 0 Å². The lowest BCUT2D eigenvalue weighted by Crippen LogP contribution is -2.19. The van der Waals surface area contributed by atoms with Crippen LogP contribution in [0.25, 0.3) is 4.85 Å². The summed E-state index contributed by atoms with van der Waals surface area (Å²) >= 11 is 0. The highest BCUT2D eigenvalue weighted by Crippen LogP contribution is 2.22. The molecule has 4 heteroatoms. The molecule has 1 fully saturated rings. The second-order valence-electron chi connectivity index (χ2n) is 3.54. The van der Waals surface area contributed by atoms with Crippen LogP contribution in [0.15, 0.2) is 24.3 Å². The van der Waals surface area contributed by atoms with Crippen LogP contribution in [0.4, 0.5) is 5.69 Å². The van der Waals surface area contributed by atoms with E-state index in [2.05, 4.69) is 4.85 Å². The number of cyclic esters (lactones) is 1. The monoisotopic (exact) mass is 215 g/mol. The van der Waals surface area contributed by atoms with Crippen LogP contribution in [0.3, 0.4) is 0 Å². The second-order valence-corrected chi connectivity index (χ2v) is 3.54. The quantitative estimate of drug-likeness (QED) is 0.328. The predicted molar refractivity (Wildman–Crippen MR) is 56.1 cm³/mol. The molecule has 1 saturated heterocycles. The van der Waals surface area contributed by atoms with Gasteiger partial charge in [0, 0.05) is 12.0 Å². The van der Waals surface area contributed by atoms with Crippen LogP contribution in [0, 0.1) is 12.5 Å². The lowest BCUT2D eigenvalue weighted by atomic mass is 9.96. The van der Waals surface area contributed by atoms with Gasteiger partial charge in [-0.15, -0.1) is 0 Å². The number of carbonyl (C=O) groups is 2. The zero-order chi connectivity index (χ0) is 11.5. The fraction of sp³-hybridized carbons (Fsp3) is 0.250. The summed E-state index contributed by atoms with van der Waals surface area (Å²) in [5.74, 6) is -1.41. The average Bonchev–Trinajstić information content (AvgIpc) is 2.74. The molecule has 1 heterocycles. The number of Topliss-reactive ketones (excluding diaryl/α,β-unsaturated/α-hetero) is 1. The molecule has 80 valence electrons. The molecule has 1 atom stereocenters. The molecule has 0 aliphatic carbocycles. The van der Waals surface area contributed by atoms with Gasteiger partial charge in [0.15, 0.2) is 11.5 Å². The van der Waals surface area contributed by atoms with Gasteiger partial charge in [-0.2, -0.15) is 0 Å². The van der Waals surface area contributed by atoms with Crippen LogP contribution < -0.4 is 0 Å². The first kappa shape index (κ1) is 10.4. The Kier molecular flexibility index (Phi) is 2.69. The van der Waals surface area contributed by atoms with E-state index in [-0.39, 0.29) is 5.78 Å². The average molecular weight is 215 g/mol. The molecule has 1 aromatic carbocycles. The van der Waals surface area contributed by atoms with Crippen LogP contribution in [0.1, 0.15) is 16.8 Å². The van der Waals surface area contributed by atoms with Gasteiger partial charge in [0.25, 0.3) is 0 Å². The summed E-state index contributed by atoms with van der Waals surface area (Å²) in [6.45, 7) is 7.16. The van der Waals surface area contributed by atoms with Crippen LogP contribution in [0.2, 0.25) is 0 Å². The molecule has 0 radical (unpaired) electrons. The third kappa shape index (κ3) is 1.80. The molecule has 0 N–H and O–H groups in total. The third-order valence-corrected chi connectivity index (χ3v) is 2.51. The fourth-order valence-electron chi connectivity index (χ4n) is 1.66. The van der Waals surface area contributed by atoms with Gasteiger partial charge < -0.3 is 4.74 Å². The Hall–Kier alpha value is -2.15. The maximum absolute atomic E-state index is 11.9. The van der Waals surface area contributed by atoms with Crippen molar-refractivity contribution in [2.75, 3.05) is 6.61 Å². The van der Waals surface area contributed by atoms with Gasteiger partial charge in [0.1, 0.15) is 5.92 Å². The number of carbonyl (C=O) groups excluding carboxylic acids is 2. The Labute approximate surface area is 92.7 Å². The first-order valence-electron chi connectivity index (χ1n) is 4.91. The maximum Gasteiger partial charge on any atom is 0.316 e. The van der Waals surface area contributed by atoms with E-state index in [9.17, 15) is 9.59 Å². The minimum atomic E-state index is -0.694. The Morgan fingerprint density at radius 2 is 2.31 bits per heavy atom. The zero-order valence-electron chi connectivity index (χ0n) is 8.47. The van der Waals surface area contributed by atoms with E-state index in [0.717, 1.165) is 0 Å². The first-order valence-corrected chi connectivity index (χ1v) is 4.91. The van der Waals surface area contributed by atoms with Crippen molar-refractivity contribution in [1.29, 1.82) is 0 Å². The highest BCUT2D eigenvalue weighted by Gasteiger charge is 2.33. The van der Waals surface area contributed by atoms with E-state index in [4.69, 9.17) is 11.3 Å². The van der Waals surface area contributed by atoms with Crippen molar-refractivity contribution in [3.8, 4) is 0 Å². The number of ether oxygens (including phenoxy) is 1. The number of hydrogen-bond acceptors (Lipinski definition) is 3. The van der Waals surface area contributed by atoms with Gasteiger partial charge in [-0.25, -0.2) is 4.85 Å². The Morgan fingerprint density at radius 1 is 1.50 bits per heavy atom. The molecule has 0 bridgehead atoms. The normalized spacial score (nSPS) is 18.9. The largest absolute Gasteiger partial charge is 0.465 e. The molecule has 16 heavy (non-hydrogen) atoms. The van der Waals surface area contributed by atoms with Crippen LogP contribution in [-0.4, -0.2) is 18.4 Å². The molecule has 0 saturated carbocycles. The number of esters is 1. The van der Waals surface area contributed by atoms with E-state index in [1.807, 2.05) is 0 Å². The van der Waals surface area contributed by atoms with Gasteiger partial charge in [-0.1, -0.05) is 18.2 Å². The predicted octanol–water partition coefficient (Wildman–Crippen LogP) is 1.98. The van der Waals surface area contributed by atoms with E-state index in [0.29, 0.717) is 24.3 Å². The molecular formula is C12H9NO3. The number of nitrogens with zero attached hydrogens (tertiary/aromatic N) is 1. The van der Waals surface area contributed by atoms with Crippen molar-refractivity contribution in [1.82, 2.24) is 0 Å². The Balaban J connectivity index is 2.27. The fourth-order valence-corrected chi connectivity index (χ4v) is 1.66. The molecular weight excluding hydrogens is 206 g/mol. The van der Waals surface area contributed by atoms with Gasteiger partial charge in [0.05, 0.1) is 13.2 Å². The van der Waals surface area contributed by atoms with Crippen molar-refractivity contribution in [2.24, 2.45) is 5.92 Å². The van der Waals surface area contributed by atoms with E-state index in [1.54, 1.807) is 18.2 Å². The summed E-state index contributed by atoms with van der Waals surface area (Å²) < 4.78 is 4.74. The van der Waals surface area contributed by atoms with Crippen molar-refractivity contribution in [3.05, 3.63) is 41.2 Å². The summed E-state index contributed by atoms with van der Waals surface area (Å²) in [4.78, 5) is 26.4. The van der Waals surface area contributed by atoms with Crippen LogP contribution in [0.5, 0.6) is 0 Å². The standard InChI is InChI=1S/C12H9NO3/c1-13-9-4-2-3-8(7-9)11(14)10-5-6-16-12(10)15/h2-4,7,10H,5-6H2. The molecule has 0 aromatic heterocycles. The van der Waals surface area contributed by atoms with Crippen molar-refractivity contribution < 1.29 is 14.3 Å². The summed E-state index contributed by atoms with van der Waals surface area (Å²) in [7, 11) is 0. The first-order chi connectivity index (χ1) is 7.72. The highest BCUT2D eigenvalue weighted by atomic mass is 16.5. The van der Waals surface area contributed by atoms with E-state index in [1.165, 1.54) is 6.07 Å².